The number of carboxylic acids is 1. The predicted octanol–water partition coefficient (Wildman–Crippen LogP) is 6.48. The molecule has 176 valence electrons. The molecule has 0 spiro atoms. The Labute approximate surface area is 208 Å². The molecule has 0 bridgehead atoms. The first-order chi connectivity index (χ1) is 16.4. The van der Waals surface area contributed by atoms with E-state index in [9.17, 15) is 9.90 Å². The van der Waals surface area contributed by atoms with Gasteiger partial charge in [0.25, 0.3) is 0 Å². The number of benzene rings is 1. The van der Waals surface area contributed by atoms with E-state index in [1.807, 2.05) is 43.3 Å². The number of hydrogen-bond acceptors (Lipinski definition) is 6. The molecule has 1 aliphatic heterocycles. The minimum Gasteiger partial charge on any atom is -0.481 e. The molecule has 2 aliphatic rings. The summed E-state index contributed by atoms with van der Waals surface area (Å²) in [7, 11) is 0. The zero-order valence-corrected chi connectivity index (χ0v) is 20.6. The molecular weight excluding hydrogens is 468 g/mol. The van der Waals surface area contributed by atoms with Crippen molar-refractivity contribution >= 4 is 41.2 Å². The van der Waals surface area contributed by atoms with E-state index in [-0.39, 0.29) is 0 Å². The second-order valence-corrected chi connectivity index (χ2v) is 10.6. The summed E-state index contributed by atoms with van der Waals surface area (Å²) in [6.07, 6.45) is 3.95. The van der Waals surface area contributed by atoms with Crippen molar-refractivity contribution in [2.75, 3.05) is 22.7 Å². The molecule has 1 saturated carbocycles. The van der Waals surface area contributed by atoms with E-state index >= 15 is 0 Å². The van der Waals surface area contributed by atoms with Gasteiger partial charge in [-0.3, -0.25) is 4.79 Å². The van der Waals surface area contributed by atoms with Crippen LogP contribution in [0.3, 0.4) is 0 Å². The highest BCUT2D eigenvalue weighted by Gasteiger charge is 2.38. The highest BCUT2D eigenvalue weighted by atomic mass is 35.5. The van der Waals surface area contributed by atoms with Crippen molar-refractivity contribution < 1.29 is 9.90 Å². The summed E-state index contributed by atoms with van der Waals surface area (Å²) < 4.78 is 3.30. The van der Waals surface area contributed by atoms with Crippen molar-refractivity contribution in [2.45, 2.75) is 43.6 Å². The van der Waals surface area contributed by atoms with E-state index in [0.29, 0.717) is 29.7 Å². The van der Waals surface area contributed by atoms with Gasteiger partial charge in [0.1, 0.15) is 16.7 Å². The normalized spacial score (nSPS) is 20.2. The van der Waals surface area contributed by atoms with Gasteiger partial charge < -0.3 is 14.7 Å². The Morgan fingerprint density at radius 1 is 1.15 bits per heavy atom. The van der Waals surface area contributed by atoms with E-state index in [2.05, 4.69) is 27.8 Å². The average Bonchev–Trinajstić information content (AvgIpc) is 3.69. The molecule has 2 N–H and O–H groups in total. The van der Waals surface area contributed by atoms with Crippen molar-refractivity contribution in [3.63, 3.8) is 0 Å². The zero-order chi connectivity index (χ0) is 23.7. The molecule has 6 nitrogen and oxygen atoms in total. The summed E-state index contributed by atoms with van der Waals surface area (Å²) in [6, 6.07) is 17.9. The van der Waals surface area contributed by atoms with Gasteiger partial charge in [-0.1, -0.05) is 41.9 Å². The van der Waals surface area contributed by atoms with Gasteiger partial charge in [-0.2, -0.15) is 0 Å². The molecule has 1 aliphatic carbocycles. The highest BCUT2D eigenvalue weighted by Crippen LogP contribution is 2.45. The molecule has 8 heteroatoms. The van der Waals surface area contributed by atoms with Crippen LogP contribution in [0, 0.1) is 5.41 Å². The number of pyridine rings is 2. The monoisotopic (exact) mass is 494 g/mol. The van der Waals surface area contributed by atoms with Crippen LogP contribution in [0.2, 0.25) is 5.02 Å². The number of anilines is 2. The maximum Gasteiger partial charge on any atom is 0.311 e. The standard InChI is InChI=1S/C26H27ClN4O2S/c1-26(25(32)33)14-5-15-31(16-26)22-8-4-9-23(29-22)34-30-21-13-12-20(27)24(28-21)19-7-3-2-6-18(19)17-10-11-17/h2-4,6-9,12-13,17H,5,10-11,14-16H2,1H3,(H,28,30)(H,32,33). The fourth-order valence-corrected chi connectivity index (χ4v) is 5.32. The van der Waals surface area contributed by atoms with Crippen LogP contribution in [-0.4, -0.2) is 34.1 Å². The fourth-order valence-electron chi connectivity index (χ4n) is 4.50. The highest BCUT2D eigenvalue weighted by molar-refractivity contribution is 8.00. The number of aliphatic carboxylic acids is 1. The quantitative estimate of drug-likeness (QED) is 0.363. The summed E-state index contributed by atoms with van der Waals surface area (Å²) in [5.41, 5.74) is 2.45. The second-order valence-electron chi connectivity index (χ2n) is 9.32. The fraction of sp³-hybridized carbons (Fsp3) is 0.346. The third-order valence-corrected chi connectivity index (χ3v) is 7.64. The maximum absolute atomic E-state index is 11.7. The van der Waals surface area contributed by atoms with E-state index in [4.69, 9.17) is 21.6 Å². The first-order valence-electron chi connectivity index (χ1n) is 11.6. The number of aromatic nitrogens is 2. The summed E-state index contributed by atoms with van der Waals surface area (Å²) in [5.74, 6) is 1.35. The third kappa shape index (κ3) is 4.86. The lowest BCUT2D eigenvalue weighted by Gasteiger charge is -2.38. The first kappa shape index (κ1) is 23.0. The SMILES string of the molecule is CC1(C(=O)O)CCCN(c2cccc(SNc3ccc(Cl)c(-c4ccccc4C4CC4)n3)n2)C1. The van der Waals surface area contributed by atoms with Crippen molar-refractivity contribution in [1.29, 1.82) is 0 Å². The van der Waals surface area contributed by atoms with Crippen LogP contribution in [0.5, 0.6) is 0 Å². The van der Waals surface area contributed by atoms with Gasteiger partial charge in [0.2, 0.25) is 0 Å². The molecule has 3 aromatic rings. The van der Waals surface area contributed by atoms with Crippen molar-refractivity contribution in [1.82, 2.24) is 9.97 Å². The number of carbonyl (C=O) groups is 1. The van der Waals surface area contributed by atoms with Gasteiger partial charge >= 0.3 is 5.97 Å². The van der Waals surface area contributed by atoms with Gasteiger partial charge in [0.15, 0.2) is 0 Å². The maximum atomic E-state index is 11.7. The van der Waals surface area contributed by atoms with Gasteiger partial charge in [-0.15, -0.1) is 0 Å². The van der Waals surface area contributed by atoms with Crippen molar-refractivity contribution in [3.8, 4) is 11.3 Å². The number of halogens is 1. The molecule has 1 atom stereocenters. The number of piperidine rings is 1. The van der Waals surface area contributed by atoms with Crippen LogP contribution in [0.25, 0.3) is 11.3 Å². The summed E-state index contributed by atoms with van der Waals surface area (Å²) in [4.78, 5) is 23.4. The van der Waals surface area contributed by atoms with Crippen LogP contribution in [0.4, 0.5) is 11.6 Å². The van der Waals surface area contributed by atoms with E-state index in [1.165, 1.54) is 30.4 Å². The van der Waals surface area contributed by atoms with E-state index in [0.717, 1.165) is 35.1 Å². The Kier molecular flexibility index (Phi) is 6.40. The Bertz CT molecular complexity index is 1220. The molecule has 34 heavy (non-hydrogen) atoms. The number of nitrogens with one attached hydrogen (secondary N) is 1. The third-order valence-electron chi connectivity index (χ3n) is 6.58. The summed E-state index contributed by atoms with van der Waals surface area (Å²) in [6.45, 7) is 3.08. The van der Waals surface area contributed by atoms with E-state index < -0.39 is 11.4 Å². The number of carboxylic acid groups (broad SMARTS) is 1. The van der Waals surface area contributed by atoms with Crippen LogP contribution >= 0.6 is 23.5 Å². The molecule has 2 aromatic heterocycles. The number of rotatable bonds is 7. The molecule has 3 heterocycles. The lowest BCUT2D eigenvalue weighted by Crippen LogP contribution is -2.46. The molecule has 0 radical (unpaired) electrons. The molecular formula is C26H27ClN4O2S. The van der Waals surface area contributed by atoms with Gasteiger partial charge in [0.05, 0.1) is 16.1 Å². The largest absolute Gasteiger partial charge is 0.481 e. The smallest absolute Gasteiger partial charge is 0.311 e. The number of hydrogen-bond donors (Lipinski definition) is 2. The van der Waals surface area contributed by atoms with Crippen LogP contribution < -0.4 is 9.62 Å². The molecule has 2 fully saturated rings. The molecule has 1 aromatic carbocycles. The topological polar surface area (TPSA) is 78.4 Å². The van der Waals surface area contributed by atoms with Gasteiger partial charge in [-0.05, 0) is 68.4 Å². The molecule has 5 rings (SSSR count). The van der Waals surface area contributed by atoms with E-state index in [1.54, 1.807) is 0 Å². The number of nitrogens with zero attached hydrogens (tertiary/aromatic N) is 3. The second kappa shape index (κ2) is 9.47. The Hall–Kier alpha value is -2.77. The minimum atomic E-state index is -0.753. The average molecular weight is 495 g/mol. The minimum absolute atomic E-state index is 0.458. The van der Waals surface area contributed by atoms with Crippen LogP contribution in [-0.2, 0) is 4.79 Å². The Balaban J connectivity index is 1.32. The van der Waals surface area contributed by atoms with Gasteiger partial charge in [-0.25, -0.2) is 9.97 Å². The lowest BCUT2D eigenvalue weighted by atomic mass is 9.82. The van der Waals surface area contributed by atoms with Crippen LogP contribution in [0.15, 0.2) is 59.6 Å². The molecule has 0 amide bonds. The van der Waals surface area contributed by atoms with Gasteiger partial charge in [0, 0.05) is 30.6 Å². The molecule has 1 saturated heterocycles. The van der Waals surface area contributed by atoms with Crippen molar-refractivity contribution in [3.05, 3.63) is 65.2 Å². The Morgan fingerprint density at radius 3 is 2.76 bits per heavy atom. The Morgan fingerprint density at radius 2 is 1.97 bits per heavy atom. The van der Waals surface area contributed by atoms with Crippen LogP contribution in [0.1, 0.15) is 44.1 Å². The lowest BCUT2D eigenvalue weighted by molar-refractivity contribution is -0.148. The molecule has 1 unspecified atom stereocenters. The zero-order valence-electron chi connectivity index (χ0n) is 19.0. The summed E-state index contributed by atoms with van der Waals surface area (Å²) in [5, 5.41) is 11.0. The first-order valence-corrected chi connectivity index (χ1v) is 12.8. The van der Waals surface area contributed by atoms with Crippen molar-refractivity contribution in [2.24, 2.45) is 5.41 Å². The summed E-state index contributed by atoms with van der Waals surface area (Å²) >= 11 is 7.92. The predicted molar refractivity (Wildman–Crippen MR) is 138 cm³/mol.